The van der Waals surface area contributed by atoms with Gasteiger partial charge >= 0.3 is 0 Å². The topological polar surface area (TPSA) is 21.7 Å². The van der Waals surface area contributed by atoms with E-state index in [1.165, 1.54) is 62.9 Å². The van der Waals surface area contributed by atoms with Gasteiger partial charge in [-0.15, -0.1) is 11.8 Å². The first-order chi connectivity index (χ1) is 11.4. The van der Waals surface area contributed by atoms with E-state index in [-0.39, 0.29) is 5.54 Å². The minimum absolute atomic E-state index is 0.134. The molecule has 0 saturated carbocycles. The molecule has 0 bridgehead atoms. The fourth-order valence-electron chi connectivity index (χ4n) is 4.94. The second kappa shape index (κ2) is 7.86. The van der Waals surface area contributed by atoms with Gasteiger partial charge in [0.15, 0.2) is 0 Å². The number of morpholine rings is 1. The van der Waals surface area contributed by atoms with Crippen LogP contribution in [0.25, 0.3) is 0 Å². The largest absolute Gasteiger partial charge is 0.378 e. The molecule has 4 heterocycles. The fourth-order valence-corrected chi connectivity index (χ4v) is 7.99. The maximum atomic E-state index is 6.41. The van der Waals surface area contributed by atoms with E-state index in [0.29, 0.717) is 16.7 Å². The maximum absolute atomic E-state index is 6.41. The van der Waals surface area contributed by atoms with Crippen molar-refractivity contribution in [3.8, 4) is 0 Å². The van der Waals surface area contributed by atoms with Crippen LogP contribution in [-0.4, -0.2) is 65.0 Å². The lowest BCUT2D eigenvalue weighted by Gasteiger charge is -2.57. The lowest BCUT2D eigenvalue weighted by Crippen LogP contribution is -2.71. The van der Waals surface area contributed by atoms with Gasteiger partial charge in [-0.2, -0.15) is 11.8 Å². The van der Waals surface area contributed by atoms with Crippen LogP contribution in [0, 0.1) is 0 Å². The van der Waals surface area contributed by atoms with Gasteiger partial charge in [0.1, 0.15) is 0 Å². The first-order valence-electron chi connectivity index (χ1n) is 9.60. The summed E-state index contributed by atoms with van der Waals surface area (Å²) in [6, 6.07) is 0. The van der Waals surface area contributed by atoms with E-state index >= 15 is 0 Å². The highest BCUT2D eigenvalue weighted by molar-refractivity contribution is 8.00. The molecule has 3 nitrogen and oxygen atoms in total. The predicted molar refractivity (Wildman–Crippen MR) is 99.4 cm³/mol. The summed E-state index contributed by atoms with van der Waals surface area (Å²) in [4.78, 5) is 2.87. The van der Waals surface area contributed by atoms with Gasteiger partial charge in [-0.25, -0.2) is 0 Å². The third-order valence-corrected chi connectivity index (χ3v) is 9.04. The number of hydrogen-bond acceptors (Lipinski definition) is 5. The van der Waals surface area contributed by atoms with Gasteiger partial charge in [0.2, 0.25) is 0 Å². The molecule has 4 aliphatic rings. The zero-order chi connectivity index (χ0) is 15.5. The van der Waals surface area contributed by atoms with E-state index in [1.54, 1.807) is 0 Å². The molecule has 0 aromatic heterocycles. The van der Waals surface area contributed by atoms with Crippen LogP contribution in [0.15, 0.2) is 0 Å². The second-order valence-corrected chi connectivity index (χ2v) is 10.0. The van der Waals surface area contributed by atoms with Crippen LogP contribution in [0.1, 0.15) is 51.4 Å². The molecule has 0 aromatic carbocycles. The minimum atomic E-state index is 0.134. The highest BCUT2D eigenvalue weighted by Crippen LogP contribution is 2.47. The van der Waals surface area contributed by atoms with Crippen LogP contribution in [0.5, 0.6) is 0 Å². The van der Waals surface area contributed by atoms with Crippen molar-refractivity contribution in [2.24, 2.45) is 0 Å². The molecule has 4 fully saturated rings. The Bertz CT molecular complexity index is 379. The summed E-state index contributed by atoms with van der Waals surface area (Å²) in [7, 11) is 0. The summed E-state index contributed by atoms with van der Waals surface area (Å²) >= 11 is 4.40. The van der Waals surface area contributed by atoms with E-state index in [2.05, 4.69) is 28.4 Å². The molecule has 0 spiro atoms. The van der Waals surface area contributed by atoms with Gasteiger partial charge in [-0.3, -0.25) is 4.90 Å². The number of hydrogen-bond donors (Lipinski definition) is 0. The second-order valence-electron chi connectivity index (χ2n) is 7.42. The molecular formula is C18H31NO2S2. The lowest BCUT2D eigenvalue weighted by atomic mass is 9.80. The van der Waals surface area contributed by atoms with Crippen molar-refractivity contribution in [1.29, 1.82) is 0 Å². The molecule has 4 aliphatic heterocycles. The molecule has 23 heavy (non-hydrogen) atoms. The smallest absolute Gasteiger partial charge is 0.0836 e. The Kier molecular flexibility index (Phi) is 5.81. The fraction of sp³-hybridized carbons (Fsp3) is 1.00. The average molecular weight is 358 g/mol. The Morgan fingerprint density at radius 3 is 2.52 bits per heavy atom. The predicted octanol–water partition coefficient (Wildman–Crippen LogP) is 3.77. The van der Waals surface area contributed by atoms with Gasteiger partial charge in [-0.1, -0.05) is 6.42 Å². The van der Waals surface area contributed by atoms with Gasteiger partial charge in [0.05, 0.1) is 30.2 Å². The quantitative estimate of drug-likeness (QED) is 0.764. The summed E-state index contributed by atoms with van der Waals surface area (Å²) in [6.07, 6.45) is 11.1. The van der Waals surface area contributed by atoms with Crippen LogP contribution in [0.2, 0.25) is 0 Å². The highest BCUT2D eigenvalue weighted by atomic mass is 32.2. The molecule has 0 amide bonds. The van der Waals surface area contributed by atoms with E-state index < -0.39 is 0 Å². The molecule has 4 atom stereocenters. The SMILES string of the molecule is C1CCC(C2(C3CCCS3)COCCN2C2CCCCS2)OC1. The molecule has 132 valence electrons. The zero-order valence-electron chi connectivity index (χ0n) is 14.2. The van der Waals surface area contributed by atoms with Crippen LogP contribution in [0.3, 0.4) is 0 Å². The van der Waals surface area contributed by atoms with Gasteiger partial charge < -0.3 is 9.47 Å². The molecule has 0 aliphatic carbocycles. The minimum Gasteiger partial charge on any atom is -0.378 e. The van der Waals surface area contributed by atoms with E-state index in [0.717, 1.165) is 26.4 Å². The number of ether oxygens (including phenoxy) is 2. The molecule has 4 saturated heterocycles. The molecule has 0 aromatic rings. The van der Waals surface area contributed by atoms with Gasteiger partial charge in [0, 0.05) is 18.4 Å². The lowest BCUT2D eigenvalue weighted by molar-refractivity contribution is -0.159. The molecule has 4 unspecified atom stereocenters. The Balaban J connectivity index is 1.64. The number of rotatable bonds is 3. The van der Waals surface area contributed by atoms with Crippen molar-refractivity contribution in [3.63, 3.8) is 0 Å². The van der Waals surface area contributed by atoms with Crippen molar-refractivity contribution < 1.29 is 9.47 Å². The molecule has 0 N–H and O–H groups in total. The summed E-state index contributed by atoms with van der Waals surface area (Å²) in [5.74, 6) is 2.66. The van der Waals surface area contributed by atoms with Crippen molar-refractivity contribution in [3.05, 3.63) is 0 Å². The van der Waals surface area contributed by atoms with Crippen molar-refractivity contribution in [1.82, 2.24) is 4.90 Å². The Hall–Kier alpha value is 0.580. The van der Waals surface area contributed by atoms with Gasteiger partial charge in [-0.05, 0) is 56.5 Å². The van der Waals surface area contributed by atoms with Crippen LogP contribution in [-0.2, 0) is 9.47 Å². The van der Waals surface area contributed by atoms with E-state index in [1.807, 2.05) is 0 Å². The van der Waals surface area contributed by atoms with Crippen molar-refractivity contribution in [2.75, 3.05) is 37.9 Å². The van der Waals surface area contributed by atoms with Crippen LogP contribution < -0.4 is 0 Å². The first kappa shape index (κ1) is 17.0. The van der Waals surface area contributed by atoms with Crippen molar-refractivity contribution >= 4 is 23.5 Å². The highest BCUT2D eigenvalue weighted by Gasteiger charge is 2.55. The normalized spacial score (nSPS) is 43.6. The van der Waals surface area contributed by atoms with E-state index in [9.17, 15) is 0 Å². The average Bonchev–Trinajstić information content (AvgIpc) is 3.18. The third kappa shape index (κ3) is 3.33. The van der Waals surface area contributed by atoms with Gasteiger partial charge in [0.25, 0.3) is 0 Å². The molecular weight excluding hydrogens is 326 g/mol. The summed E-state index contributed by atoms with van der Waals surface area (Å²) < 4.78 is 12.5. The number of nitrogens with zero attached hydrogens (tertiary/aromatic N) is 1. The first-order valence-corrected chi connectivity index (χ1v) is 11.7. The Morgan fingerprint density at radius 1 is 0.870 bits per heavy atom. The Labute approximate surface area is 149 Å². The molecule has 0 radical (unpaired) electrons. The standard InChI is InChI=1S/C18H31NO2S2/c1-3-10-21-15(6-1)18(16-7-5-13-22-16)14-20-11-9-19(18)17-8-2-4-12-23-17/h15-17H,1-14H2. The zero-order valence-corrected chi connectivity index (χ0v) is 15.8. The monoisotopic (exact) mass is 357 g/mol. The summed E-state index contributed by atoms with van der Waals surface area (Å²) in [6.45, 7) is 3.86. The third-order valence-electron chi connectivity index (χ3n) is 6.07. The number of thioether (sulfide) groups is 2. The van der Waals surface area contributed by atoms with Crippen LogP contribution in [0.4, 0.5) is 0 Å². The molecule has 4 rings (SSSR count). The maximum Gasteiger partial charge on any atom is 0.0836 e. The van der Waals surface area contributed by atoms with Crippen LogP contribution >= 0.6 is 23.5 Å². The molecule has 5 heteroatoms. The summed E-state index contributed by atoms with van der Waals surface area (Å²) in [5.41, 5.74) is 0.134. The summed E-state index contributed by atoms with van der Waals surface area (Å²) in [5, 5.41) is 1.40. The van der Waals surface area contributed by atoms with Crippen molar-refractivity contribution in [2.45, 2.75) is 73.6 Å². The Morgan fingerprint density at radius 2 is 1.78 bits per heavy atom. The van der Waals surface area contributed by atoms with E-state index in [4.69, 9.17) is 9.47 Å².